The largest absolute Gasteiger partial charge is 0.455 e. The maximum Gasteiger partial charge on any atom is 0.410 e. The minimum atomic E-state index is -1.90. The van der Waals surface area contributed by atoms with Crippen LogP contribution in [0.25, 0.3) is 0 Å². The molecule has 0 spiro atoms. The SMILES string of the molecule is CC(=O)OC(CC(C(C)C)N(C)C(=O)OC(C)(C)C)c1nc(CO[Si](C)(C)C(C)(C)C)cs1. The first-order valence-electron chi connectivity index (χ1n) is 11.6. The lowest BCUT2D eigenvalue weighted by atomic mass is 9.96. The lowest BCUT2D eigenvalue weighted by Crippen LogP contribution is -2.44. The lowest BCUT2D eigenvalue weighted by Gasteiger charge is -2.35. The molecule has 7 nitrogen and oxygen atoms in total. The summed E-state index contributed by atoms with van der Waals surface area (Å²) in [6.07, 6.45) is -0.514. The van der Waals surface area contributed by atoms with E-state index in [0.717, 1.165) is 5.69 Å². The molecule has 0 N–H and O–H groups in total. The van der Waals surface area contributed by atoms with E-state index in [9.17, 15) is 9.59 Å². The molecule has 0 saturated carbocycles. The van der Waals surface area contributed by atoms with Gasteiger partial charge in [-0.1, -0.05) is 34.6 Å². The molecule has 1 aromatic heterocycles. The van der Waals surface area contributed by atoms with Crippen molar-refractivity contribution in [3.63, 3.8) is 0 Å². The average Bonchev–Trinajstić information content (AvgIpc) is 3.09. The van der Waals surface area contributed by atoms with Crippen LogP contribution in [0.3, 0.4) is 0 Å². The smallest absolute Gasteiger partial charge is 0.410 e. The third-order valence-electron chi connectivity index (χ3n) is 5.94. The summed E-state index contributed by atoms with van der Waals surface area (Å²) in [6, 6.07) is -0.194. The predicted molar refractivity (Wildman–Crippen MR) is 136 cm³/mol. The molecule has 0 radical (unpaired) electrons. The fourth-order valence-corrected chi connectivity index (χ4v) is 4.76. The molecule has 1 heterocycles. The molecule has 0 aliphatic rings. The molecule has 0 bridgehead atoms. The Morgan fingerprint density at radius 1 is 1.15 bits per heavy atom. The molecule has 2 unspecified atom stereocenters. The van der Waals surface area contributed by atoms with Gasteiger partial charge in [0.1, 0.15) is 10.6 Å². The number of carbonyl (C=O) groups is 2. The lowest BCUT2D eigenvalue weighted by molar-refractivity contribution is -0.147. The van der Waals surface area contributed by atoms with Gasteiger partial charge in [0.05, 0.1) is 12.3 Å². The number of carbonyl (C=O) groups excluding carboxylic acids is 2. The molecular weight excluding hydrogens is 456 g/mol. The standard InChI is InChI=1S/C24H44N2O5SSi/c1-16(2)19(26(10)22(28)31-23(4,5)6)13-20(30-17(3)27)21-25-18(15-32-21)14-29-33(11,12)24(7,8)9/h15-16,19-20H,13-14H2,1-12H3. The van der Waals surface area contributed by atoms with Crippen molar-refractivity contribution in [3.8, 4) is 0 Å². The minimum Gasteiger partial charge on any atom is -0.455 e. The Morgan fingerprint density at radius 2 is 1.73 bits per heavy atom. The Morgan fingerprint density at radius 3 is 2.18 bits per heavy atom. The van der Waals surface area contributed by atoms with Gasteiger partial charge in [-0.2, -0.15) is 0 Å². The highest BCUT2D eigenvalue weighted by Gasteiger charge is 2.37. The quantitative estimate of drug-likeness (QED) is 0.282. The number of rotatable bonds is 9. The normalized spacial score (nSPS) is 14.7. The molecule has 0 fully saturated rings. The molecule has 190 valence electrons. The van der Waals surface area contributed by atoms with Gasteiger partial charge in [0, 0.05) is 31.8 Å². The van der Waals surface area contributed by atoms with Crippen molar-refractivity contribution in [1.29, 1.82) is 0 Å². The first-order chi connectivity index (χ1) is 14.8. The van der Waals surface area contributed by atoms with Crippen LogP contribution in [-0.2, 0) is 25.3 Å². The fraction of sp³-hybridized carbons (Fsp3) is 0.792. The van der Waals surface area contributed by atoms with E-state index < -0.39 is 26.1 Å². The number of hydrogen-bond acceptors (Lipinski definition) is 7. The summed E-state index contributed by atoms with van der Waals surface area (Å²) in [6.45, 7) is 22.5. The molecule has 33 heavy (non-hydrogen) atoms. The van der Waals surface area contributed by atoms with Crippen molar-refractivity contribution >= 4 is 31.7 Å². The highest BCUT2D eigenvalue weighted by molar-refractivity contribution is 7.09. The Hall–Kier alpha value is -1.45. The van der Waals surface area contributed by atoms with Gasteiger partial charge in [-0.3, -0.25) is 4.79 Å². The van der Waals surface area contributed by atoms with Crippen LogP contribution in [-0.4, -0.2) is 49.0 Å². The van der Waals surface area contributed by atoms with Gasteiger partial charge < -0.3 is 18.8 Å². The molecule has 0 aliphatic heterocycles. The van der Waals surface area contributed by atoms with Crippen LogP contribution in [0, 0.1) is 5.92 Å². The van der Waals surface area contributed by atoms with Gasteiger partial charge in [-0.05, 0) is 44.8 Å². The monoisotopic (exact) mass is 500 g/mol. The van der Waals surface area contributed by atoms with E-state index in [1.165, 1.54) is 18.3 Å². The van der Waals surface area contributed by atoms with Crippen molar-refractivity contribution in [2.75, 3.05) is 7.05 Å². The van der Waals surface area contributed by atoms with Gasteiger partial charge in [0.15, 0.2) is 14.4 Å². The molecule has 2 atom stereocenters. The van der Waals surface area contributed by atoms with E-state index >= 15 is 0 Å². The highest BCUT2D eigenvalue weighted by atomic mass is 32.1. The summed E-state index contributed by atoms with van der Waals surface area (Å²) >= 11 is 1.45. The molecule has 1 amide bonds. The third-order valence-corrected chi connectivity index (χ3v) is 11.4. The molecule has 0 aromatic carbocycles. The van der Waals surface area contributed by atoms with E-state index in [2.05, 4.69) is 33.9 Å². The number of nitrogens with zero attached hydrogens (tertiary/aromatic N) is 2. The van der Waals surface area contributed by atoms with Gasteiger partial charge in [-0.25, -0.2) is 9.78 Å². The average molecular weight is 501 g/mol. The van der Waals surface area contributed by atoms with Crippen LogP contribution in [0.2, 0.25) is 18.1 Å². The zero-order valence-electron chi connectivity index (χ0n) is 22.6. The minimum absolute atomic E-state index is 0.114. The van der Waals surface area contributed by atoms with Crippen LogP contribution in [0.1, 0.15) is 85.5 Å². The number of thiazole rings is 1. The van der Waals surface area contributed by atoms with Gasteiger partial charge in [0.25, 0.3) is 0 Å². The van der Waals surface area contributed by atoms with E-state index in [0.29, 0.717) is 18.0 Å². The summed E-state index contributed by atoms with van der Waals surface area (Å²) in [4.78, 5) is 30.9. The second kappa shape index (κ2) is 11.3. The summed E-state index contributed by atoms with van der Waals surface area (Å²) in [5.74, 6) is -0.251. The van der Waals surface area contributed by atoms with Crippen LogP contribution in [0.5, 0.6) is 0 Å². The maximum atomic E-state index is 12.7. The van der Waals surface area contributed by atoms with Crippen molar-refractivity contribution < 1.29 is 23.5 Å². The number of hydrogen-bond donors (Lipinski definition) is 0. The van der Waals surface area contributed by atoms with E-state index in [-0.39, 0.29) is 23.0 Å². The maximum absolute atomic E-state index is 12.7. The van der Waals surface area contributed by atoms with E-state index in [1.807, 2.05) is 40.0 Å². The van der Waals surface area contributed by atoms with Crippen LogP contribution < -0.4 is 0 Å². The molecule has 0 aliphatic carbocycles. The zero-order chi connectivity index (χ0) is 25.8. The molecule has 9 heteroatoms. The Labute approximate surface area is 205 Å². The van der Waals surface area contributed by atoms with Gasteiger partial charge >= 0.3 is 12.1 Å². The number of aromatic nitrogens is 1. The van der Waals surface area contributed by atoms with Crippen molar-refractivity contribution in [1.82, 2.24) is 9.88 Å². The van der Waals surface area contributed by atoms with Crippen LogP contribution in [0.15, 0.2) is 5.38 Å². The van der Waals surface area contributed by atoms with Crippen molar-refractivity contribution in [3.05, 3.63) is 16.1 Å². The number of ether oxygens (including phenoxy) is 2. The van der Waals surface area contributed by atoms with Crippen LogP contribution in [0.4, 0.5) is 4.79 Å². The second-order valence-corrected chi connectivity index (χ2v) is 17.2. The van der Waals surface area contributed by atoms with Crippen LogP contribution >= 0.6 is 11.3 Å². The summed E-state index contributed by atoms with van der Waals surface area (Å²) < 4.78 is 17.5. The zero-order valence-corrected chi connectivity index (χ0v) is 24.4. The fourth-order valence-electron chi connectivity index (χ4n) is 2.97. The molecular formula is C24H44N2O5SSi. The molecule has 1 aromatic rings. The molecule has 1 rings (SSSR count). The third kappa shape index (κ3) is 9.37. The topological polar surface area (TPSA) is 78.0 Å². The number of amides is 1. The Balaban J connectivity index is 3.05. The molecule has 0 saturated heterocycles. The second-order valence-electron chi connectivity index (χ2n) is 11.5. The van der Waals surface area contributed by atoms with Gasteiger partial charge in [-0.15, -0.1) is 11.3 Å². The van der Waals surface area contributed by atoms with Crippen molar-refractivity contribution in [2.45, 2.75) is 111 Å². The first-order valence-corrected chi connectivity index (χ1v) is 15.3. The number of esters is 1. The Bertz CT molecular complexity index is 796. The van der Waals surface area contributed by atoms with Gasteiger partial charge in [0.2, 0.25) is 0 Å². The summed E-state index contributed by atoms with van der Waals surface area (Å²) in [5.41, 5.74) is 0.245. The predicted octanol–water partition coefficient (Wildman–Crippen LogP) is 6.55. The van der Waals surface area contributed by atoms with E-state index in [1.54, 1.807) is 11.9 Å². The van der Waals surface area contributed by atoms with E-state index in [4.69, 9.17) is 18.9 Å². The summed E-state index contributed by atoms with van der Waals surface area (Å²) in [7, 11) is -0.173. The Kier molecular flexibility index (Phi) is 10.1. The first kappa shape index (κ1) is 29.6. The highest BCUT2D eigenvalue weighted by Crippen LogP contribution is 2.37. The van der Waals surface area contributed by atoms with Crippen molar-refractivity contribution in [2.24, 2.45) is 5.92 Å². The summed E-state index contributed by atoms with van der Waals surface area (Å²) in [5, 5.41) is 2.78.